The Morgan fingerprint density at radius 2 is 2.20 bits per heavy atom. The van der Waals surface area contributed by atoms with Gasteiger partial charge in [-0.2, -0.15) is 0 Å². The highest BCUT2D eigenvalue weighted by Crippen LogP contribution is 2.21. The zero-order valence-electron chi connectivity index (χ0n) is 10.9. The molecule has 0 aliphatic rings. The number of amides is 1. The predicted molar refractivity (Wildman–Crippen MR) is 77.8 cm³/mol. The summed E-state index contributed by atoms with van der Waals surface area (Å²) in [6.07, 6.45) is 1.43. The monoisotopic (exact) mass is 291 g/mol. The van der Waals surface area contributed by atoms with Crippen molar-refractivity contribution in [2.45, 2.75) is 6.54 Å². The van der Waals surface area contributed by atoms with Crippen LogP contribution < -0.4 is 15.8 Å². The molecule has 0 bridgehead atoms. The van der Waals surface area contributed by atoms with E-state index in [4.69, 9.17) is 22.1 Å². The second kappa shape index (κ2) is 6.25. The van der Waals surface area contributed by atoms with Gasteiger partial charge in [-0.15, -0.1) is 0 Å². The lowest BCUT2D eigenvalue weighted by atomic mass is 10.2. The molecule has 0 saturated heterocycles. The van der Waals surface area contributed by atoms with E-state index in [1.54, 1.807) is 31.4 Å². The molecule has 0 saturated carbocycles. The molecule has 2 aromatic rings. The van der Waals surface area contributed by atoms with Gasteiger partial charge in [-0.25, -0.2) is 4.98 Å². The Balaban J connectivity index is 1.99. The zero-order valence-corrected chi connectivity index (χ0v) is 11.6. The number of aromatic nitrogens is 1. The molecule has 1 heterocycles. The van der Waals surface area contributed by atoms with Gasteiger partial charge in [0.15, 0.2) is 0 Å². The number of ether oxygens (including phenoxy) is 1. The maximum Gasteiger partial charge on any atom is 0.270 e. The summed E-state index contributed by atoms with van der Waals surface area (Å²) in [5.41, 5.74) is 7.53. The molecule has 0 atom stereocenters. The summed E-state index contributed by atoms with van der Waals surface area (Å²) >= 11 is 5.72. The van der Waals surface area contributed by atoms with Gasteiger partial charge in [0, 0.05) is 12.7 Å². The van der Waals surface area contributed by atoms with Crippen LogP contribution in [0.1, 0.15) is 16.1 Å². The van der Waals surface area contributed by atoms with Gasteiger partial charge in [-0.05, 0) is 29.8 Å². The van der Waals surface area contributed by atoms with Gasteiger partial charge in [-0.1, -0.05) is 17.7 Å². The standard InChI is InChI=1S/C14H14ClN3O2/c1-20-13-5-2-9(6-11(13)16)7-18-14(19)12-4-3-10(15)8-17-12/h2-6,8H,7,16H2,1H3,(H,18,19). The minimum absolute atomic E-state index is 0.268. The molecule has 0 unspecified atom stereocenters. The summed E-state index contributed by atoms with van der Waals surface area (Å²) in [7, 11) is 1.55. The van der Waals surface area contributed by atoms with Gasteiger partial charge in [0.1, 0.15) is 11.4 Å². The molecule has 20 heavy (non-hydrogen) atoms. The highest BCUT2D eigenvalue weighted by molar-refractivity contribution is 6.30. The van der Waals surface area contributed by atoms with E-state index in [0.717, 1.165) is 5.56 Å². The molecular formula is C14H14ClN3O2. The zero-order chi connectivity index (χ0) is 14.5. The maximum absolute atomic E-state index is 11.9. The van der Waals surface area contributed by atoms with Gasteiger partial charge in [0.2, 0.25) is 0 Å². The molecule has 1 amide bonds. The van der Waals surface area contributed by atoms with Crippen LogP contribution in [0.2, 0.25) is 5.02 Å². The van der Waals surface area contributed by atoms with Crippen molar-refractivity contribution in [3.8, 4) is 5.75 Å². The summed E-state index contributed by atoms with van der Waals surface area (Å²) < 4.78 is 5.07. The molecule has 104 valence electrons. The maximum atomic E-state index is 11.9. The molecule has 6 heteroatoms. The van der Waals surface area contributed by atoms with E-state index in [-0.39, 0.29) is 5.91 Å². The number of benzene rings is 1. The van der Waals surface area contributed by atoms with Crippen molar-refractivity contribution < 1.29 is 9.53 Å². The molecular weight excluding hydrogens is 278 g/mol. The first-order valence-electron chi connectivity index (χ1n) is 5.92. The van der Waals surface area contributed by atoms with Crippen LogP contribution in [0.4, 0.5) is 5.69 Å². The van der Waals surface area contributed by atoms with Crippen LogP contribution in [-0.4, -0.2) is 18.0 Å². The number of nitrogens with two attached hydrogens (primary N) is 1. The van der Waals surface area contributed by atoms with E-state index in [9.17, 15) is 4.79 Å². The fourth-order valence-electron chi connectivity index (χ4n) is 1.68. The third-order valence-electron chi connectivity index (χ3n) is 2.71. The number of nitrogen functional groups attached to an aromatic ring is 1. The van der Waals surface area contributed by atoms with Crippen LogP contribution in [0, 0.1) is 0 Å². The Bertz CT molecular complexity index is 614. The average molecular weight is 292 g/mol. The Labute approximate surface area is 121 Å². The lowest BCUT2D eigenvalue weighted by molar-refractivity contribution is 0.0946. The quantitative estimate of drug-likeness (QED) is 0.847. The molecule has 0 aliphatic carbocycles. The molecule has 0 fully saturated rings. The second-order valence-electron chi connectivity index (χ2n) is 4.12. The minimum atomic E-state index is -0.268. The SMILES string of the molecule is COc1ccc(CNC(=O)c2ccc(Cl)cn2)cc1N. The summed E-state index contributed by atoms with van der Waals surface area (Å²) in [4.78, 5) is 15.8. The number of halogens is 1. The van der Waals surface area contributed by atoms with E-state index in [0.29, 0.717) is 28.7 Å². The first-order chi connectivity index (χ1) is 9.60. The average Bonchev–Trinajstić information content (AvgIpc) is 2.45. The van der Waals surface area contributed by atoms with Crippen molar-refractivity contribution in [3.05, 3.63) is 52.8 Å². The second-order valence-corrected chi connectivity index (χ2v) is 4.56. The van der Waals surface area contributed by atoms with E-state index in [1.165, 1.54) is 6.20 Å². The highest BCUT2D eigenvalue weighted by Gasteiger charge is 2.07. The number of carbonyl (C=O) groups excluding carboxylic acids is 1. The summed E-state index contributed by atoms with van der Waals surface area (Å²) in [6, 6.07) is 8.55. The Morgan fingerprint density at radius 1 is 1.40 bits per heavy atom. The summed E-state index contributed by atoms with van der Waals surface area (Å²) in [5.74, 6) is 0.343. The topological polar surface area (TPSA) is 77.2 Å². The van der Waals surface area contributed by atoms with E-state index >= 15 is 0 Å². The normalized spacial score (nSPS) is 10.1. The van der Waals surface area contributed by atoms with Gasteiger partial charge in [-0.3, -0.25) is 4.79 Å². The molecule has 3 N–H and O–H groups in total. The number of hydrogen-bond acceptors (Lipinski definition) is 4. The van der Waals surface area contributed by atoms with Crippen LogP contribution in [0.25, 0.3) is 0 Å². The molecule has 0 spiro atoms. The fourth-order valence-corrected chi connectivity index (χ4v) is 1.79. The lowest BCUT2D eigenvalue weighted by Crippen LogP contribution is -2.23. The first kappa shape index (κ1) is 14.1. The van der Waals surface area contributed by atoms with Crippen molar-refractivity contribution in [1.29, 1.82) is 0 Å². The van der Waals surface area contributed by atoms with Crippen LogP contribution in [0.15, 0.2) is 36.5 Å². The van der Waals surface area contributed by atoms with Gasteiger partial charge >= 0.3 is 0 Å². The minimum Gasteiger partial charge on any atom is -0.495 e. The van der Waals surface area contributed by atoms with Crippen LogP contribution in [-0.2, 0) is 6.54 Å². The van der Waals surface area contributed by atoms with E-state index in [1.807, 2.05) is 6.07 Å². The molecule has 0 radical (unpaired) electrons. The number of carbonyl (C=O) groups is 1. The largest absolute Gasteiger partial charge is 0.495 e. The van der Waals surface area contributed by atoms with Crippen molar-refractivity contribution >= 4 is 23.2 Å². The fraction of sp³-hybridized carbons (Fsp3) is 0.143. The van der Waals surface area contributed by atoms with E-state index < -0.39 is 0 Å². The molecule has 5 nitrogen and oxygen atoms in total. The van der Waals surface area contributed by atoms with Crippen LogP contribution in [0.3, 0.4) is 0 Å². The number of anilines is 1. The molecule has 1 aromatic carbocycles. The number of hydrogen-bond donors (Lipinski definition) is 2. The molecule has 1 aromatic heterocycles. The van der Waals surface area contributed by atoms with Crippen molar-refractivity contribution in [3.63, 3.8) is 0 Å². The summed E-state index contributed by atoms with van der Waals surface area (Å²) in [6.45, 7) is 0.358. The Hall–Kier alpha value is -2.27. The number of nitrogens with zero attached hydrogens (tertiary/aromatic N) is 1. The smallest absolute Gasteiger partial charge is 0.270 e. The number of methoxy groups -OCH3 is 1. The van der Waals surface area contributed by atoms with Gasteiger partial charge in [0.05, 0.1) is 17.8 Å². The third kappa shape index (κ3) is 3.39. The highest BCUT2D eigenvalue weighted by atomic mass is 35.5. The number of pyridine rings is 1. The van der Waals surface area contributed by atoms with E-state index in [2.05, 4.69) is 10.3 Å². The van der Waals surface area contributed by atoms with Crippen molar-refractivity contribution in [1.82, 2.24) is 10.3 Å². The van der Waals surface area contributed by atoms with Gasteiger partial charge < -0.3 is 15.8 Å². The third-order valence-corrected chi connectivity index (χ3v) is 2.93. The van der Waals surface area contributed by atoms with Crippen molar-refractivity contribution in [2.75, 3.05) is 12.8 Å². The lowest BCUT2D eigenvalue weighted by Gasteiger charge is -2.08. The summed E-state index contributed by atoms with van der Waals surface area (Å²) in [5, 5.41) is 3.25. The van der Waals surface area contributed by atoms with Crippen molar-refractivity contribution in [2.24, 2.45) is 0 Å². The predicted octanol–water partition coefficient (Wildman–Crippen LogP) is 2.26. The molecule has 2 rings (SSSR count). The number of nitrogens with one attached hydrogen (secondary N) is 1. The van der Waals surface area contributed by atoms with Gasteiger partial charge in [0.25, 0.3) is 5.91 Å². The Morgan fingerprint density at radius 3 is 2.80 bits per heavy atom. The first-order valence-corrected chi connectivity index (χ1v) is 6.30. The number of rotatable bonds is 4. The van der Waals surface area contributed by atoms with Crippen LogP contribution >= 0.6 is 11.6 Å². The molecule has 0 aliphatic heterocycles. The van der Waals surface area contributed by atoms with Crippen LogP contribution in [0.5, 0.6) is 5.75 Å². The Kier molecular flexibility index (Phi) is 4.42.